The summed E-state index contributed by atoms with van der Waals surface area (Å²) in [7, 11) is 0. The highest BCUT2D eigenvalue weighted by atomic mass is 16.5. The smallest absolute Gasteiger partial charge is 0.344 e. The standard InChI is InChI=1S/C48H44N8O6/c57-44(24-32-14-11-17-37(23-32)62-36-15-5-2-6-16-36)53-42(25-33-27-49-40-20-9-7-18-38(33)40)47(60)54-43(26-34-28-50-41-21-10-8-19-39(34)41)46(59)52-35(22-31-12-3-1-4-13-31)29-51-56-30-45(58)55-48(56)61/h1-21,23,27-29,35,42-43,49-50H,22,24-26,30H2,(H,52,59)(H,53,57)(H,54,60)(H,55,58,61). The number of nitrogens with zero attached hydrogens (tertiary/aromatic N) is 2. The zero-order chi connectivity index (χ0) is 42.8. The Kier molecular flexibility index (Phi) is 12.4. The Morgan fingerprint density at radius 2 is 1.21 bits per heavy atom. The monoisotopic (exact) mass is 828 g/mol. The number of hydrogen-bond acceptors (Lipinski definition) is 7. The molecule has 7 aromatic rings. The molecule has 1 saturated heterocycles. The van der Waals surface area contributed by atoms with Crippen molar-refractivity contribution in [1.82, 2.24) is 36.2 Å². The van der Waals surface area contributed by atoms with Gasteiger partial charge in [-0.1, -0.05) is 97.1 Å². The molecular weight excluding hydrogens is 785 g/mol. The lowest BCUT2D eigenvalue weighted by molar-refractivity contribution is -0.132. The van der Waals surface area contributed by atoms with E-state index in [0.29, 0.717) is 23.5 Å². The van der Waals surface area contributed by atoms with E-state index in [-0.39, 0.29) is 25.8 Å². The number of fused-ring (bicyclic) bond motifs is 2. The topological polar surface area (TPSA) is 190 Å². The van der Waals surface area contributed by atoms with Gasteiger partial charge in [-0.3, -0.25) is 24.5 Å². The van der Waals surface area contributed by atoms with Crippen LogP contribution in [0.25, 0.3) is 21.8 Å². The number of amides is 6. The Hall–Kier alpha value is -8.00. The molecular formula is C48H44N8O6. The minimum Gasteiger partial charge on any atom is -0.457 e. The second-order valence-electron chi connectivity index (χ2n) is 15.0. The quantitative estimate of drug-likeness (QED) is 0.0504. The molecule has 1 fully saturated rings. The lowest BCUT2D eigenvalue weighted by Crippen LogP contribution is -2.56. The Labute approximate surface area is 356 Å². The van der Waals surface area contributed by atoms with Gasteiger partial charge in [0, 0.05) is 53.3 Å². The predicted octanol–water partition coefficient (Wildman–Crippen LogP) is 5.70. The molecule has 0 radical (unpaired) electrons. The van der Waals surface area contributed by atoms with E-state index in [1.54, 1.807) is 18.2 Å². The number of para-hydroxylation sites is 3. The third kappa shape index (κ3) is 10.2. The largest absolute Gasteiger partial charge is 0.457 e. The van der Waals surface area contributed by atoms with Gasteiger partial charge in [0.15, 0.2) is 0 Å². The summed E-state index contributed by atoms with van der Waals surface area (Å²) in [5, 5.41) is 18.2. The van der Waals surface area contributed by atoms with Crippen molar-refractivity contribution in [2.75, 3.05) is 6.54 Å². The van der Waals surface area contributed by atoms with E-state index in [0.717, 1.165) is 43.5 Å². The number of carbonyl (C=O) groups is 5. The normalized spacial score (nSPS) is 14.1. The van der Waals surface area contributed by atoms with Gasteiger partial charge in [0.1, 0.15) is 30.1 Å². The summed E-state index contributed by atoms with van der Waals surface area (Å²) in [5.41, 5.74) is 4.89. The highest BCUT2D eigenvalue weighted by Crippen LogP contribution is 2.24. The fraction of sp³-hybridized carbons (Fsp3) is 0.167. The molecule has 14 nitrogen and oxygen atoms in total. The van der Waals surface area contributed by atoms with Gasteiger partial charge in [-0.05, 0) is 65.1 Å². The Morgan fingerprint density at radius 1 is 0.645 bits per heavy atom. The van der Waals surface area contributed by atoms with Gasteiger partial charge >= 0.3 is 6.03 Å². The number of aromatic nitrogens is 2. The number of nitrogens with one attached hydrogen (secondary N) is 6. The lowest BCUT2D eigenvalue weighted by atomic mass is 10.0. The van der Waals surface area contributed by atoms with Crippen molar-refractivity contribution in [1.29, 1.82) is 0 Å². The number of benzene rings is 5. The van der Waals surface area contributed by atoms with Crippen LogP contribution in [0.3, 0.4) is 0 Å². The van der Waals surface area contributed by atoms with E-state index in [9.17, 15) is 24.0 Å². The van der Waals surface area contributed by atoms with Gasteiger partial charge in [0.05, 0.1) is 12.5 Å². The molecule has 6 N–H and O–H groups in total. The van der Waals surface area contributed by atoms with Gasteiger partial charge in [0.2, 0.25) is 23.6 Å². The van der Waals surface area contributed by atoms with Crippen LogP contribution >= 0.6 is 0 Å². The van der Waals surface area contributed by atoms with Crippen LogP contribution in [0, 0.1) is 0 Å². The van der Waals surface area contributed by atoms with Gasteiger partial charge in [-0.15, -0.1) is 0 Å². The zero-order valence-corrected chi connectivity index (χ0v) is 33.5. The number of carbonyl (C=O) groups excluding carboxylic acids is 5. The predicted molar refractivity (Wildman–Crippen MR) is 235 cm³/mol. The molecule has 2 aromatic heterocycles. The van der Waals surface area contributed by atoms with Crippen molar-refractivity contribution in [3.05, 3.63) is 168 Å². The second-order valence-corrected chi connectivity index (χ2v) is 15.0. The van der Waals surface area contributed by atoms with E-state index < -0.39 is 47.8 Å². The average molecular weight is 829 g/mol. The van der Waals surface area contributed by atoms with E-state index in [1.165, 1.54) is 6.21 Å². The van der Waals surface area contributed by atoms with Crippen LogP contribution in [0.15, 0.2) is 151 Å². The molecule has 5 aromatic carbocycles. The summed E-state index contributed by atoms with van der Waals surface area (Å²) in [6, 6.07) is 37.7. The van der Waals surface area contributed by atoms with Gasteiger partial charge < -0.3 is 30.7 Å². The molecule has 0 saturated carbocycles. The van der Waals surface area contributed by atoms with Crippen LogP contribution in [-0.2, 0) is 44.9 Å². The van der Waals surface area contributed by atoms with Crippen molar-refractivity contribution in [3.63, 3.8) is 0 Å². The highest BCUT2D eigenvalue weighted by molar-refractivity contribution is 6.02. The van der Waals surface area contributed by atoms with Gasteiger partial charge in [-0.2, -0.15) is 5.10 Å². The highest BCUT2D eigenvalue weighted by Gasteiger charge is 2.31. The molecule has 1 aliphatic heterocycles. The molecule has 0 bridgehead atoms. The molecule has 3 atom stereocenters. The number of hydrogen-bond donors (Lipinski definition) is 6. The van der Waals surface area contributed by atoms with Crippen molar-refractivity contribution in [3.8, 4) is 11.5 Å². The molecule has 62 heavy (non-hydrogen) atoms. The molecule has 3 unspecified atom stereocenters. The number of H-pyrrole nitrogens is 2. The van der Waals surface area contributed by atoms with Crippen molar-refractivity contribution in [2.24, 2.45) is 5.10 Å². The van der Waals surface area contributed by atoms with Crippen molar-refractivity contribution in [2.45, 2.75) is 43.8 Å². The van der Waals surface area contributed by atoms with Crippen LogP contribution in [0.5, 0.6) is 11.5 Å². The zero-order valence-electron chi connectivity index (χ0n) is 33.5. The first kappa shape index (κ1) is 40.8. The average Bonchev–Trinajstić information content (AvgIpc) is 3.98. The molecule has 14 heteroatoms. The van der Waals surface area contributed by atoms with Crippen LogP contribution < -0.4 is 26.0 Å². The van der Waals surface area contributed by atoms with Gasteiger partial charge in [0.25, 0.3) is 0 Å². The van der Waals surface area contributed by atoms with Crippen LogP contribution in [0.2, 0.25) is 0 Å². The number of aromatic amines is 2. The number of urea groups is 1. The third-order valence-electron chi connectivity index (χ3n) is 10.5. The molecule has 8 rings (SSSR count). The molecule has 1 aliphatic rings. The third-order valence-corrected chi connectivity index (χ3v) is 10.5. The molecule has 6 amide bonds. The Bertz CT molecular complexity index is 2750. The lowest BCUT2D eigenvalue weighted by Gasteiger charge is -2.25. The second kappa shape index (κ2) is 18.9. The molecule has 0 aliphatic carbocycles. The maximum atomic E-state index is 14.6. The number of rotatable bonds is 17. The van der Waals surface area contributed by atoms with Crippen LogP contribution in [-0.4, -0.2) is 75.5 Å². The fourth-order valence-corrected chi connectivity index (χ4v) is 7.48. The van der Waals surface area contributed by atoms with Crippen LogP contribution in [0.4, 0.5) is 4.79 Å². The summed E-state index contributed by atoms with van der Waals surface area (Å²) in [6.45, 7) is -0.253. The minimum absolute atomic E-state index is 0.0377. The molecule has 312 valence electrons. The first-order valence-electron chi connectivity index (χ1n) is 20.3. The number of imide groups is 1. The van der Waals surface area contributed by atoms with Crippen molar-refractivity contribution >= 4 is 57.7 Å². The minimum atomic E-state index is -1.13. The summed E-state index contributed by atoms with van der Waals surface area (Å²) in [5.74, 6) is -0.755. The van der Waals surface area contributed by atoms with E-state index in [4.69, 9.17) is 4.74 Å². The van der Waals surface area contributed by atoms with Gasteiger partial charge in [-0.25, -0.2) is 9.80 Å². The molecule has 3 heterocycles. The van der Waals surface area contributed by atoms with Crippen molar-refractivity contribution < 1.29 is 28.7 Å². The molecule has 0 spiro atoms. The van der Waals surface area contributed by atoms with E-state index >= 15 is 0 Å². The summed E-state index contributed by atoms with van der Waals surface area (Å²) >= 11 is 0. The Morgan fingerprint density at radius 3 is 1.85 bits per heavy atom. The van der Waals surface area contributed by atoms with E-state index in [1.807, 2.05) is 128 Å². The number of hydrazone groups is 1. The summed E-state index contributed by atoms with van der Waals surface area (Å²) in [4.78, 5) is 73.7. The SMILES string of the molecule is O=C1CN(N=CC(Cc2ccccc2)NC(=O)C(Cc2c[nH]c3ccccc23)NC(=O)C(Cc2c[nH]c3ccccc23)NC(=O)Cc2cccc(Oc3ccccc3)c2)C(=O)N1. The maximum absolute atomic E-state index is 14.6. The summed E-state index contributed by atoms with van der Waals surface area (Å²) < 4.78 is 6.00. The fourth-order valence-electron chi connectivity index (χ4n) is 7.48. The summed E-state index contributed by atoms with van der Waals surface area (Å²) in [6.07, 6.45) is 5.52. The maximum Gasteiger partial charge on any atom is 0.344 e. The first-order chi connectivity index (χ1) is 30.2. The Balaban J connectivity index is 1.06. The first-order valence-corrected chi connectivity index (χ1v) is 20.3. The number of ether oxygens (including phenoxy) is 1. The van der Waals surface area contributed by atoms with Crippen LogP contribution in [0.1, 0.15) is 22.3 Å². The van der Waals surface area contributed by atoms with E-state index in [2.05, 4.69) is 36.3 Å².